The number of aliphatic carboxylic acids is 1. The molecular weight excluding hydrogens is 322 g/mol. The second-order valence-corrected chi connectivity index (χ2v) is 6.33. The number of carboxylic acid groups (broad SMARTS) is 1. The van der Waals surface area contributed by atoms with Crippen LogP contribution in [-0.4, -0.2) is 34.4 Å². The van der Waals surface area contributed by atoms with Gasteiger partial charge in [-0.1, -0.05) is 17.7 Å². The molecule has 1 aromatic rings. The van der Waals surface area contributed by atoms with Crippen LogP contribution in [0.2, 0.25) is 5.02 Å². The average molecular weight is 340 g/mol. The number of hydrogen-bond donors (Lipinski definition) is 2. The van der Waals surface area contributed by atoms with Crippen molar-refractivity contribution in [1.82, 2.24) is 5.06 Å². The van der Waals surface area contributed by atoms with Crippen LogP contribution >= 0.6 is 11.6 Å². The number of carbonyl (C=O) groups excluding carboxylic acids is 1. The predicted octanol–water partition coefficient (Wildman–Crippen LogP) is 2.51. The molecule has 8 heteroatoms. The molecule has 1 fully saturated rings. The van der Waals surface area contributed by atoms with E-state index < -0.39 is 11.4 Å². The highest BCUT2D eigenvalue weighted by Crippen LogP contribution is 2.30. The van der Waals surface area contributed by atoms with Crippen molar-refractivity contribution in [2.24, 2.45) is 10.5 Å². The van der Waals surface area contributed by atoms with Gasteiger partial charge in [-0.3, -0.25) is 15.1 Å². The quantitative estimate of drug-likeness (QED) is 0.635. The van der Waals surface area contributed by atoms with E-state index in [1.165, 1.54) is 12.0 Å². The summed E-state index contributed by atoms with van der Waals surface area (Å²) in [6.07, 6.45) is 0. The van der Waals surface area contributed by atoms with E-state index in [1.54, 1.807) is 18.2 Å². The predicted molar refractivity (Wildman–Crippen MR) is 86.1 cm³/mol. The lowest BCUT2D eigenvalue weighted by Crippen LogP contribution is -2.30. The lowest BCUT2D eigenvalue weighted by molar-refractivity contribution is -0.165. The lowest BCUT2D eigenvalue weighted by Gasteiger charge is -2.17. The Bertz CT molecular complexity index is 673. The number of benzene rings is 1. The highest BCUT2D eigenvalue weighted by molar-refractivity contribution is 6.34. The van der Waals surface area contributed by atoms with Crippen LogP contribution in [-0.2, 0) is 21.0 Å². The number of halogens is 1. The van der Waals surface area contributed by atoms with Gasteiger partial charge in [0.15, 0.2) is 0 Å². The minimum atomic E-state index is -1.10. The number of hydroxylamine groups is 2. The van der Waals surface area contributed by atoms with Crippen LogP contribution in [0.5, 0.6) is 0 Å². The van der Waals surface area contributed by atoms with Gasteiger partial charge in [-0.25, -0.2) is 9.86 Å². The summed E-state index contributed by atoms with van der Waals surface area (Å²) in [5, 5.41) is 14.2. The molecule has 0 unspecified atom stereocenters. The molecule has 0 bridgehead atoms. The highest BCUT2D eigenvalue weighted by Gasteiger charge is 2.40. The van der Waals surface area contributed by atoms with Gasteiger partial charge < -0.3 is 5.11 Å². The van der Waals surface area contributed by atoms with Crippen LogP contribution in [0.1, 0.15) is 26.3 Å². The molecule has 0 saturated carbocycles. The van der Waals surface area contributed by atoms with E-state index in [-0.39, 0.29) is 18.2 Å². The van der Waals surface area contributed by atoms with Crippen molar-refractivity contribution in [3.05, 3.63) is 28.8 Å². The summed E-state index contributed by atoms with van der Waals surface area (Å²) in [6.45, 7) is 5.62. The lowest BCUT2D eigenvalue weighted by atomic mass is 9.95. The second kappa shape index (κ2) is 6.55. The number of anilines is 1. The van der Waals surface area contributed by atoms with Crippen molar-refractivity contribution < 1.29 is 19.5 Å². The fourth-order valence-corrected chi connectivity index (χ4v) is 2.15. The SMILES string of the molecule is CC(=NNc1ccc(CN2OCC(C)(C)C2=O)c(Cl)c1)C(=O)O. The van der Waals surface area contributed by atoms with Gasteiger partial charge >= 0.3 is 5.97 Å². The van der Waals surface area contributed by atoms with Crippen molar-refractivity contribution >= 4 is 34.9 Å². The molecule has 23 heavy (non-hydrogen) atoms. The smallest absolute Gasteiger partial charge is 0.351 e. The minimum Gasteiger partial charge on any atom is -0.477 e. The Kier molecular flexibility index (Phi) is 4.91. The van der Waals surface area contributed by atoms with Gasteiger partial charge in [0.25, 0.3) is 5.91 Å². The van der Waals surface area contributed by atoms with Crippen molar-refractivity contribution in [1.29, 1.82) is 0 Å². The van der Waals surface area contributed by atoms with Crippen molar-refractivity contribution in [2.45, 2.75) is 27.3 Å². The standard InChI is InChI=1S/C15H18ClN3O4/c1-9(13(20)21)17-18-11-5-4-10(12(16)6-11)7-19-14(22)15(2,3)8-23-19/h4-6,18H,7-8H2,1-3H3,(H,20,21). The van der Waals surface area contributed by atoms with Crippen LogP contribution in [0.15, 0.2) is 23.3 Å². The molecule has 1 heterocycles. The van der Waals surface area contributed by atoms with Crippen LogP contribution in [0.4, 0.5) is 5.69 Å². The van der Waals surface area contributed by atoms with Gasteiger partial charge in [0.1, 0.15) is 5.71 Å². The van der Waals surface area contributed by atoms with Crippen molar-refractivity contribution in [2.75, 3.05) is 12.0 Å². The van der Waals surface area contributed by atoms with E-state index in [9.17, 15) is 9.59 Å². The number of rotatable bonds is 5. The third-order valence-electron chi connectivity index (χ3n) is 3.42. The topological polar surface area (TPSA) is 91.2 Å². The van der Waals surface area contributed by atoms with Crippen molar-refractivity contribution in [3.63, 3.8) is 0 Å². The van der Waals surface area contributed by atoms with Crippen LogP contribution in [0, 0.1) is 5.41 Å². The molecule has 1 aliphatic rings. The van der Waals surface area contributed by atoms with Gasteiger partial charge in [0.05, 0.1) is 24.3 Å². The average Bonchev–Trinajstić information content (AvgIpc) is 2.74. The van der Waals surface area contributed by atoms with Gasteiger partial charge in [-0.2, -0.15) is 5.10 Å². The fraction of sp³-hybridized carbons (Fsp3) is 0.400. The van der Waals surface area contributed by atoms with E-state index in [0.717, 1.165) is 5.56 Å². The minimum absolute atomic E-state index is 0.0662. The molecule has 1 aliphatic heterocycles. The summed E-state index contributed by atoms with van der Waals surface area (Å²) in [5.74, 6) is -1.19. The zero-order valence-electron chi connectivity index (χ0n) is 13.1. The Labute approximate surface area is 138 Å². The maximum absolute atomic E-state index is 12.1. The van der Waals surface area contributed by atoms with E-state index in [2.05, 4.69) is 10.5 Å². The maximum Gasteiger partial charge on any atom is 0.351 e. The molecular formula is C15H18ClN3O4. The summed E-state index contributed by atoms with van der Waals surface area (Å²) in [6, 6.07) is 5.05. The van der Waals surface area contributed by atoms with E-state index in [1.807, 2.05) is 13.8 Å². The summed E-state index contributed by atoms with van der Waals surface area (Å²) in [7, 11) is 0. The number of nitrogens with one attached hydrogen (secondary N) is 1. The van der Waals surface area contributed by atoms with E-state index in [0.29, 0.717) is 17.3 Å². The zero-order valence-corrected chi connectivity index (χ0v) is 13.8. The first-order chi connectivity index (χ1) is 10.7. The summed E-state index contributed by atoms with van der Waals surface area (Å²) in [4.78, 5) is 28.2. The second-order valence-electron chi connectivity index (χ2n) is 5.92. The Balaban J connectivity index is 2.07. The largest absolute Gasteiger partial charge is 0.477 e. The molecule has 1 aromatic carbocycles. The third-order valence-corrected chi connectivity index (χ3v) is 3.77. The zero-order chi connectivity index (χ0) is 17.2. The summed E-state index contributed by atoms with van der Waals surface area (Å²) in [5.41, 5.74) is 3.30. The van der Waals surface area contributed by atoms with Gasteiger partial charge in [0, 0.05) is 5.02 Å². The van der Waals surface area contributed by atoms with Gasteiger partial charge in [0.2, 0.25) is 0 Å². The van der Waals surface area contributed by atoms with Crippen LogP contribution in [0.25, 0.3) is 0 Å². The molecule has 0 radical (unpaired) electrons. The number of hydrazone groups is 1. The first kappa shape index (κ1) is 17.2. The van der Waals surface area contributed by atoms with Crippen LogP contribution < -0.4 is 5.43 Å². The van der Waals surface area contributed by atoms with Crippen LogP contribution in [0.3, 0.4) is 0 Å². The third kappa shape index (κ3) is 4.00. The number of carboxylic acids is 1. The van der Waals surface area contributed by atoms with Gasteiger partial charge in [-0.05, 0) is 38.5 Å². The number of nitrogens with zero attached hydrogens (tertiary/aromatic N) is 2. The molecule has 0 aromatic heterocycles. The van der Waals surface area contributed by atoms with Gasteiger partial charge in [-0.15, -0.1) is 0 Å². The maximum atomic E-state index is 12.1. The fourth-order valence-electron chi connectivity index (χ4n) is 1.91. The Morgan fingerprint density at radius 3 is 2.74 bits per heavy atom. The monoisotopic (exact) mass is 339 g/mol. The highest BCUT2D eigenvalue weighted by atomic mass is 35.5. The first-order valence-electron chi connectivity index (χ1n) is 6.97. The number of carbonyl (C=O) groups is 2. The summed E-state index contributed by atoms with van der Waals surface area (Å²) < 4.78 is 0. The normalized spacial score (nSPS) is 17.5. The molecule has 2 N–H and O–H groups in total. The molecule has 2 rings (SSSR count). The Morgan fingerprint density at radius 2 is 2.22 bits per heavy atom. The summed E-state index contributed by atoms with van der Waals surface area (Å²) >= 11 is 6.21. The Morgan fingerprint density at radius 1 is 1.52 bits per heavy atom. The van der Waals surface area contributed by atoms with E-state index in [4.69, 9.17) is 21.5 Å². The molecule has 7 nitrogen and oxygen atoms in total. The van der Waals surface area contributed by atoms with E-state index >= 15 is 0 Å². The molecule has 1 amide bonds. The first-order valence-corrected chi connectivity index (χ1v) is 7.35. The number of amides is 1. The molecule has 0 atom stereocenters. The molecule has 1 saturated heterocycles. The molecule has 0 aliphatic carbocycles. The number of hydrogen-bond acceptors (Lipinski definition) is 5. The van der Waals surface area contributed by atoms with Crippen molar-refractivity contribution in [3.8, 4) is 0 Å². The Hall–Kier alpha value is -2.12. The molecule has 124 valence electrons. The molecule has 0 spiro atoms.